The number of pyridine rings is 1. The average Bonchev–Trinajstić information content (AvgIpc) is 3.12. The van der Waals surface area contributed by atoms with Gasteiger partial charge in [0, 0.05) is 23.8 Å². The van der Waals surface area contributed by atoms with E-state index < -0.39 is 65.9 Å². The summed E-state index contributed by atoms with van der Waals surface area (Å²) in [5, 5.41) is 22.3. The first kappa shape index (κ1) is 30.6. The van der Waals surface area contributed by atoms with Gasteiger partial charge < -0.3 is 34.5 Å². The van der Waals surface area contributed by atoms with Gasteiger partial charge in [0.05, 0.1) is 18.8 Å². The summed E-state index contributed by atoms with van der Waals surface area (Å²) in [5.41, 5.74) is -1.25. The smallest absolute Gasteiger partial charge is 0.387 e. The molecular formula is C19H22N3O15P3. The molecule has 18 nitrogen and oxygen atoms in total. The maximum Gasteiger partial charge on any atom is 0.490 e. The number of hydrogen-bond donors (Lipinski definition) is 6. The number of hydrogen-bond acceptors (Lipinski definition) is 12. The second-order valence-electron chi connectivity index (χ2n) is 8.34. The van der Waals surface area contributed by atoms with E-state index in [1.807, 2.05) is 6.07 Å². The fourth-order valence-electron chi connectivity index (χ4n) is 3.90. The summed E-state index contributed by atoms with van der Waals surface area (Å²) in [6.45, 7) is -1.33. The molecule has 4 rings (SSSR count). The van der Waals surface area contributed by atoms with Gasteiger partial charge in [-0.25, -0.2) is 18.5 Å². The molecule has 0 radical (unpaired) electrons. The van der Waals surface area contributed by atoms with E-state index in [-0.39, 0.29) is 6.54 Å². The van der Waals surface area contributed by atoms with Gasteiger partial charge >= 0.3 is 29.2 Å². The Hall–Kier alpha value is -2.40. The quantitative estimate of drug-likeness (QED) is 0.156. The van der Waals surface area contributed by atoms with Crippen molar-refractivity contribution in [2.45, 2.75) is 31.1 Å². The molecule has 0 amide bonds. The molecule has 2 aromatic heterocycles. The molecule has 1 aromatic carbocycles. The van der Waals surface area contributed by atoms with Crippen LogP contribution in [0.2, 0.25) is 0 Å². The van der Waals surface area contributed by atoms with Gasteiger partial charge in [-0.05, 0) is 11.5 Å². The Balaban J connectivity index is 1.52. The summed E-state index contributed by atoms with van der Waals surface area (Å²) >= 11 is 0. The van der Waals surface area contributed by atoms with Crippen LogP contribution in [0.15, 0.2) is 58.4 Å². The number of phosphoric ester groups is 1. The van der Waals surface area contributed by atoms with Crippen LogP contribution in [-0.2, 0) is 38.1 Å². The number of fused-ring (bicyclic) bond motifs is 1. The molecule has 1 aliphatic heterocycles. The molecule has 0 saturated carbocycles. The molecule has 218 valence electrons. The zero-order valence-electron chi connectivity index (χ0n) is 19.9. The monoisotopic (exact) mass is 625 g/mol. The minimum absolute atomic E-state index is 0.249. The summed E-state index contributed by atoms with van der Waals surface area (Å²) in [6.07, 6.45) is -4.41. The third-order valence-electron chi connectivity index (χ3n) is 5.59. The molecule has 1 fully saturated rings. The van der Waals surface area contributed by atoms with Crippen LogP contribution < -0.4 is 11.2 Å². The van der Waals surface area contributed by atoms with E-state index in [1.54, 1.807) is 24.3 Å². The molecule has 2 unspecified atom stereocenters. The fourth-order valence-corrected chi connectivity index (χ4v) is 6.93. The van der Waals surface area contributed by atoms with E-state index >= 15 is 0 Å². The number of benzene rings is 1. The summed E-state index contributed by atoms with van der Waals surface area (Å²) < 4.78 is 52.8. The highest BCUT2D eigenvalue weighted by atomic mass is 31.3. The molecule has 0 bridgehead atoms. The van der Waals surface area contributed by atoms with Gasteiger partial charge in [0.25, 0.3) is 5.56 Å². The van der Waals surface area contributed by atoms with Crippen molar-refractivity contribution in [3.05, 3.63) is 75.3 Å². The predicted molar refractivity (Wildman–Crippen MR) is 132 cm³/mol. The predicted octanol–water partition coefficient (Wildman–Crippen LogP) is -0.431. The van der Waals surface area contributed by atoms with Crippen LogP contribution in [0.3, 0.4) is 0 Å². The lowest BCUT2D eigenvalue weighted by molar-refractivity contribution is -0.0547. The zero-order chi connectivity index (χ0) is 29.5. The van der Waals surface area contributed by atoms with Crippen molar-refractivity contribution in [2.24, 2.45) is 0 Å². The van der Waals surface area contributed by atoms with E-state index in [2.05, 4.69) is 18.1 Å². The SMILES string of the molecule is O=c1ccn([C@@H]2O[C@H](COP(=O)(O)OP(=O)(O)OP(=O)(O)O)[C@H](O)[C@@H]2O)c(=O)n1Cc1nccc2ccccc12. The molecular weight excluding hydrogens is 603 g/mol. The van der Waals surface area contributed by atoms with Crippen molar-refractivity contribution in [3.63, 3.8) is 0 Å². The van der Waals surface area contributed by atoms with Crippen LogP contribution in [0.1, 0.15) is 11.9 Å². The Bertz CT molecular complexity index is 1660. The largest absolute Gasteiger partial charge is 0.490 e. The van der Waals surface area contributed by atoms with Gasteiger partial charge in [0.15, 0.2) is 6.23 Å². The van der Waals surface area contributed by atoms with Gasteiger partial charge in [-0.15, -0.1) is 0 Å². The number of aromatic nitrogens is 3. The first-order valence-corrected chi connectivity index (χ1v) is 15.5. The Labute approximate surface area is 223 Å². The minimum atomic E-state index is -5.78. The number of aliphatic hydroxyl groups is 2. The minimum Gasteiger partial charge on any atom is -0.387 e. The van der Waals surface area contributed by atoms with Crippen molar-refractivity contribution in [2.75, 3.05) is 6.61 Å². The summed E-state index contributed by atoms with van der Waals surface area (Å²) in [4.78, 5) is 66.0. The standard InChI is InChI=1S/C19H22N3O15P3/c23-15-6-8-21(19(26)22(15)9-13-12-4-2-1-3-11(12)5-7-20-13)18-17(25)16(24)14(35-18)10-34-39(30,31)37-40(32,33)36-38(27,28)29/h1-8,14,16-18,24-25H,9-10H2,(H,30,31)(H,32,33)(H2,27,28,29)/t14-,16+,17+,18-/m1/s1. The molecule has 6 N–H and O–H groups in total. The van der Waals surface area contributed by atoms with Crippen LogP contribution >= 0.6 is 23.5 Å². The Morgan fingerprint density at radius 2 is 1.62 bits per heavy atom. The van der Waals surface area contributed by atoms with Crippen molar-refractivity contribution in [1.29, 1.82) is 0 Å². The molecule has 3 aromatic rings. The Morgan fingerprint density at radius 1 is 0.925 bits per heavy atom. The summed E-state index contributed by atoms with van der Waals surface area (Å²) in [6, 6.07) is 9.89. The van der Waals surface area contributed by atoms with E-state index in [0.717, 1.165) is 26.8 Å². The van der Waals surface area contributed by atoms with Crippen LogP contribution in [0.5, 0.6) is 0 Å². The fraction of sp³-hybridized carbons (Fsp3) is 0.316. The van der Waals surface area contributed by atoms with Gasteiger partial charge in [-0.1, -0.05) is 24.3 Å². The van der Waals surface area contributed by atoms with Crippen molar-refractivity contribution >= 4 is 34.2 Å². The van der Waals surface area contributed by atoms with E-state index in [9.17, 15) is 43.3 Å². The third kappa shape index (κ3) is 7.08. The molecule has 1 saturated heterocycles. The maximum absolute atomic E-state index is 13.2. The Kier molecular flexibility index (Phi) is 8.76. The van der Waals surface area contributed by atoms with E-state index in [4.69, 9.17) is 14.5 Å². The molecule has 3 heterocycles. The van der Waals surface area contributed by atoms with Crippen molar-refractivity contribution in [3.8, 4) is 0 Å². The summed E-state index contributed by atoms with van der Waals surface area (Å²) in [7, 11) is -16.9. The van der Waals surface area contributed by atoms with Gasteiger partial charge in [0.1, 0.15) is 18.3 Å². The van der Waals surface area contributed by atoms with Crippen LogP contribution in [0.25, 0.3) is 10.8 Å². The number of aliphatic hydroxyl groups excluding tert-OH is 2. The van der Waals surface area contributed by atoms with E-state index in [0.29, 0.717) is 11.1 Å². The molecule has 1 aliphatic rings. The van der Waals surface area contributed by atoms with Gasteiger partial charge in [0.2, 0.25) is 0 Å². The molecule has 40 heavy (non-hydrogen) atoms. The number of phosphoric acid groups is 3. The first-order chi connectivity index (χ1) is 18.6. The van der Waals surface area contributed by atoms with Crippen LogP contribution in [0.4, 0.5) is 0 Å². The number of rotatable bonds is 10. The van der Waals surface area contributed by atoms with E-state index in [1.165, 1.54) is 6.20 Å². The van der Waals surface area contributed by atoms with Crippen LogP contribution in [-0.4, -0.2) is 68.8 Å². The lowest BCUT2D eigenvalue weighted by atomic mass is 10.1. The second-order valence-corrected chi connectivity index (χ2v) is 12.8. The highest BCUT2D eigenvalue weighted by Gasteiger charge is 2.47. The molecule has 21 heteroatoms. The van der Waals surface area contributed by atoms with Crippen molar-refractivity contribution < 1.29 is 61.4 Å². The molecule has 0 aliphatic carbocycles. The molecule has 6 atom stereocenters. The summed E-state index contributed by atoms with van der Waals surface area (Å²) in [5.74, 6) is 0. The average molecular weight is 625 g/mol. The second kappa shape index (κ2) is 11.5. The lowest BCUT2D eigenvalue weighted by Crippen LogP contribution is -2.43. The third-order valence-corrected chi connectivity index (χ3v) is 9.39. The molecule has 0 spiro atoms. The van der Waals surface area contributed by atoms with Gasteiger partial charge in [-0.2, -0.15) is 8.62 Å². The Morgan fingerprint density at radius 3 is 2.33 bits per heavy atom. The topological polar surface area (TPSA) is 266 Å². The van der Waals surface area contributed by atoms with Gasteiger partial charge in [-0.3, -0.25) is 23.4 Å². The maximum atomic E-state index is 13.2. The normalized spacial score (nSPS) is 24.6. The van der Waals surface area contributed by atoms with Crippen molar-refractivity contribution in [1.82, 2.24) is 14.1 Å². The highest BCUT2D eigenvalue weighted by Crippen LogP contribution is 2.66. The van der Waals surface area contributed by atoms with Crippen LogP contribution in [0, 0.1) is 0 Å². The zero-order valence-corrected chi connectivity index (χ0v) is 22.6. The number of nitrogens with zero attached hydrogens (tertiary/aromatic N) is 3. The first-order valence-electron chi connectivity index (χ1n) is 11.0. The lowest BCUT2D eigenvalue weighted by Gasteiger charge is -2.19. The number of ether oxygens (including phenoxy) is 1. The highest BCUT2D eigenvalue weighted by molar-refractivity contribution is 7.66.